The summed E-state index contributed by atoms with van der Waals surface area (Å²) < 4.78 is 10.6. The van der Waals surface area contributed by atoms with Crippen molar-refractivity contribution in [2.45, 2.75) is 19.9 Å². The van der Waals surface area contributed by atoms with E-state index in [0.29, 0.717) is 20.6 Å². The molecule has 2 aromatic carbocycles. The molecular formula is C28H29N5O4S. The fourth-order valence-electron chi connectivity index (χ4n) is 4.83. The molecule has 0 bridgehead atoms. The summed E-state index contributed by atoms with van der Waals surface area (Å²) in [7, 11) is 7.37. The topological polar surface area (TPSA) is 90.8 Å². The lowest BCUT2D eigenvalue weighted by atomic mass is 9.95. The molecule has 5 rings (SSSR count). The van der Waals surface area contributed by atoms with E-state index in [1.165, 1.54) is 11.3 Å². The second-order valence-electron chi connectivity index (χ2n) is 9.44. The third-order valence-electron chi connectivity index (χ3n) is 6.84. The number of allylic oxidation sites excluding steroid dienone is 1. The number of hydrogen-bond donors (Lipinski definition) is 0. The molecule has 0 amide bonds. The number of anilines is 1. The third-order valence-corrected chi connectivity index (χ3v) is 7.82. The molecule has 0 radical (unpaired) electrons. The van der Waals surface area contributed by atoms with E-state index in [-0.39, 0.29) is 17.9 Å². The van der Waals surface area contributed by atoms with E-state index in [4.69, 9.17) is 4.74 Å². The van der Waals surface area contributed by atoms with Gasteiger partial charge in [0, 0.05) is 33.9 Å². The summed E-state index contributed by atoms with van der Waals surface area (Å²) in [5.74, 6) is -0.486. The number of imidazole rings is 1. The van der Waals surface area contributed by atoms with Gasteiger partial charge in [0.25, 0.3) is 5.56 Å². The van der Waals surface area contributed by atoms with Crippen molar-refractivity contribution >= 4 is 40.1 Å². The lowest BCUT2D eigenvalue weighted by Gasteiger charge is -2.25. The minimum absolute atomic E-state index is 0.112. The molecule has 4 aromatic rings. The second-order valence-corrected chi connectivity index (χ2v) is 10.4. The van der Waals surface area contributed by atoms with Gasteiger partial charge in [-0.05, 0) is 55.3 Å². The van der Waals surface area contributed by atoms with Gasteiger partial charge in [0.1, 0.15) is 0 Å². The van der Waals surface area contributed by atoms with Crippen LogP contribution in [0.25, 0.3) is 17.1 Å². The van der Waals surface area contributed by atoms with Crippen LogP contribution in [0.5, 0.6) is 0 Å². The van der Waals surface area contributed by atoms with E-state index in [2.05, 4.69) is 4.99 Å². The van der Waals surface area contributed by atoms with Crippen LogP contribution in [0, 0.1) is 0 Å². The minimum atomic E-state index is -0.666. The van der Waals surface area contributed by atoms with Crippen LogP contribution in [-0.4, -0.2) is 40.4 Å². The van der Waals surface area contributed by atoms with Crippen LogP contribution in [0.1, 0.15) is 31.0 Å². The first-order chi connectivity index (χ1) is 18.1. The van der Waals surface area contributed by atoms with E-state index in [1.807, 2.05) is 61.5 Å². The van der Waals surface area contributed by atoms with E-state index >= 15 is 0 Å². The first kappa shape index (κ1) is 25.5. The zero-order chi connectivity index (χ0) is 27.3. The van der Waals surface area contributed by atoms with Crippen molar-refractivity contribution in [3.63, 3.8) is 0 Å². The number of esters is 1. The second kappa shape index (κ2) is 9.60. The first-order valence-electron chi connectivity index (χ1n) is 12.2. The number of aryl methyl sites for hydroxylation is 2. The SMILES string of the molecule is CCOC(=O)C1=C(C)N=c2s/c(=C\c3ccc4c(c3)n(C)c(=O)n4C)c(=O)n2[C@H]1c1ccc(N(C)C)cc1. The van der Waals surface area contributed by atoms with Crippen LogP contribution >= 0.6 is 11.3 Å². The molecule has 3 heterocycles. The standard InChI is InChI=1S/C28H29N5O4S/c1-7-37-26(35)23-16(2)29-27-33(24(23)18-9-11-19(12-10-18)30(3)4)25(34)22(38-27)15-17-8-13-20-21(14-17)32(6)28(36)31(20)5/h8-15,24H,7H2,1-6H3/b22-15-/t24-/m0/s1. The summed E-state index contributed by atoms with van der Waals surface area (Å²) in [4.78, 5) is 46.4. The summed E-state index contributed by atoms with van der Waals surface area (Å²) in [5.41, 5.74) is 4.70. The Balaban J connectivity index is 1.70. The highest BCUT2D eigenvalue weighted by atomic mass is 32.1. The minimum Gasteiger partial charge on any atom is -0.463 e. The fourth-order valence-corrected chi connectivity index (χ4v) is 5.87. The van der Waals surface area contributed by atoms with Crippen LogP contribution in [0.3, 0.4) is 0 Å². The van der Waals surface area contributed by atoms with Crippen molar-refractivity contribution in [3.05, 3.63) is 95.0 Å². The number of ether oxygens (including phenoxy) is 1. The third kappa shape index (κ3) is 4.10. The van der Waals surface area contributed by atoms with Crippen molar-refractivity contribution in [1.29, 1.82) is 0 Å². The van der Waals surface area contributed by atoms with Gasteiger partial charge in [0.15, 0.2) is 4.80 Å². The normalized spacial score (nSPS) is 15.5. The molecule has 1 atom stereocenters. The lowest BCUT2D eigenvalue weighted by Crippen LogP contribution is -2.39. The van der Waals surface area contributed by atoms with Gasteiger partial charge in [-0.1, -0.05) is 29.5 Å². The molecule has 1 aliphatic rings. The van der Waals surface area contributed by atoms with E-state index < -0.39 is 12.0 Å². The number of fused-ring (bicyclic) bond motifs is 2. The predicted molar refractivity (Wildman–Crippen MR) is 149 cm³/mol. The Morgan fingerprint density at radius 3 is 2.42 bits per heavy atom. The first-order valence-corrected chi connectivity index (χ1v) is 13.1. The zero-order valence-corrected chi connectivity index (χ0v) is 23.0. The molecule has 10 heteroatoms. The molecule has 2 aromatic heterocycles. The number of carbonyl (C=O) groups excluding carboxylic acids is 1. The van der Waals surface area contributed by atoms with Gasteiger partial charge in [0.2, 0.25) is 0 Å². The Labute approximate surface area is 222 Å². The van der Waals surface area contributed by atoms with Gasteiger partial charge >= 0.3 is 11.7 Å². The average molecular weight is 532 g/mol. The van der Waals surface area contributed by atoms with Gasteiger partial charge < -0.3 is 9.64 Å². The van der Waals surface area contributed by atoms with Crippen LogP contribution in [0.2, 0.25) is 0 Å². The highest BCUT2D eigenvalue weighted by molar-refractivity contribution is 7.07. The molecule has 0 fully saturated rings. The Hall–Kier alpha value is -4.18. The van der Waals surface area contributed by atoms with Crippen molar-refractivity contribution < 1.29 is 9.53 Å². The number of hydrogen-bond acceptors (Lipinski definition) is 7. The van der Waals surface area contributed by atoms with E-state index in [1.54, 1.807) is 47.7 Å². The van der Waals surface area contributed by atoms with Gasteiger partial charge in [0.05, 0.1) is 39.5 Å². The maximum absolute atomic E-state index is 13.8. The summed E-state index contributed by atoms with van der Waals surface area (Å²) in [6.07, 6.45) is 1.80. The maximum Gasteiger partial charge on any atom is 0.338 e. The van der Waals surface area contributed by atoms with Gasteiger partial charge in [-0.2, -0.15) is 0 Å². The monoisotopic (exact) mass is 531 g/mol. The number of aromatic nitrogens is 3. The lowest BCUT2D eigenvalue weighted by molar-refractivity contribution is -0.139. The Bertz CT molecular complexity index is 1850. The van der Waals surface area contributed by atoms with Crippen molar-refractivity contribution in [3.8, 4) is 0 Å². The molecular weight excluding hydrogens is 502 g/mol. The Kier molecular flexibility index (Phi) is 6.44. The van der Waals surface area contributed by atoms with Gasteiger partial charge in [-0.15, -0.1) is 0 Å². The smallest absolute Gasteiger partial charge is 0.338 e. The predicted octanol–water partition coefficient (Wildman–Crippen LogP) is 2.05. The van der Waals surface area contributed by atoms with Crippen LogP contribution in [0.4, 0.5) is 5.69 Å². The summed E-state index contributed by atoms with van der Waals surface area (Å²) >= 11 is 1.27. The number of carbonyl (C=O) groups is 1. The number of thiazole rings is 1. The van der Waals surface area contributed by atoms with Gasteiger partial charge in [-0.3, -0.25) is 18.5 Å². The summed E-state index contributed by atoms with van der Waals surface area (Å²) in [5, 5.41) is 0. The molecule has 0 unspecified atom stereocenters. The molecule has 196 valence electrons. The number of nitrogens with zero attached hydrogens (tertiary/aromatic N) is 5. The van der Waals surface area contributed by atoms with Crippen LogP contribution < -0.4 is 25.5 Å². The molecule has 0 saturated carbocycles. The van der Waals surface area contributed by atoms with E-state index in [0.717, 1.165) is 27.8 Å². The van der Waals surface area contributed by atoms with Gasteiger partial charge in [-0.25, -0.2) is 14.6 Å². The summed E-state index contributed by atoms with van der Waals surface area (Å²) in [6.45, 7) is 3.74. The molecule has 1 aliphatic heterocycles. The van der Waals surface area contributed by atoms with Crippen LogP contribution in [-0.2, 0) is 23.6 Å². The largest absolute Gasteiger partial charge is 0.463 e. The highest BCUT2D eigenvalue weighted by Crippen LogP contribution is 2.31. The zero-order valence-electron chi connectivity index (χ0n) is 22.2. The van der Waals surface area contributed by atoms with E-state index in [9.17, 15) is 14.4 Å². The van der Waals surface area contributed by atoms with Crippen molar-refractivity contribution in [2.24, 2.45) is 19.1 Å². The quantitative estimate of drug-likeness (QED) is 0.368. The summed E-state index contributed by atoms with van der Waals surface area (Å²) in [6, 6.07) is 12.8. The number of rotatable bonds is 5. The molecule has 9 nitrogen and oxygen atoms in total. The van der Waals surface area contributed by atoms with Crippen molar-refractivity contribution in [1.82, 2.24) is 13.7 Å². The Morgan fingerprint density at radius 1 is 1.08 bits per heavy atom. The van der Waals surface area contributed by atoms with Crippen LogP contribution in [0.15, 0.2) is 68.3 Å². The average Bonchev–Trinajstić information content (AvgIpc) is 3.31. The van der Waals surface area contributed by atoms with Crippen molar-refractivity contribution in [2.75, 3.05) is 25.6 Å². The molecule has 0 aliphatic carbocycles. The maximum atomic E-state index is 13.8. The Morgan fingerprint density at radius 2 is 1.76 bits per heavy atom. The highest BCUT2D eigenvalue weighted by Gasteiger charge is 2.33. The molecule has 0 spiro atoms. The number of benzene rings is 2. The molecule has 38 heavy (non-hydrogen) atoms. The fraction of sp³-hybridized carbons (Fsp3) is 0.286. The molecule has 0 N–H and O–H groups in total. The molecule has 0 saturated heterocycles.